The molecule has 3 heterocycles. The van der Waals surface area contributed by atoms with E-state index in [2.05, 4.69) is 9.97 Å². The number of aromatic nitrogens is 2. The van der Waals surface area contributed by atoms with Crippen molar-refractivity contribution in [3.63, 3.8) is 0 Å². The summed E-state index contributed by atoms with van der Waals surface area (Å²) in [7, 11) is 0. The van der Waals surface area contributed by atoms with E-state index in [4.69, 9.17) is 0 Å². The summed E-state index contributed by atoms with van der Waals surface area (Å²) in [6.45, 7) is 3.42. The highest BCUT2D eigenvalue weighted by Crippen LogP contribution is 2.29. The summed E-state index contributed by atoms with van der Waals surface area (Å²) in [4.78, 5) is 24.8. The van der Waals surface area contributed by atoms with E-state index in [1.54, 1.807) is 24.0 Å². The first-order valence-electron chi connectivity index (χ1n) is 9.37. The van der Waals surface area contributed by atoms with E-state index in [0.29, 0.717) is 54.2 Å². The van der Waals surface area contributed by atoms with E-state index in [1.807, 2.05) is 4.90 Å². The molecule has 0 radical (unpaired) electrons. The highest BCUT2D eigenvalue weighted by Gasteiger charge is 2.31. The number of hydrogen-bond acceptors (Lipinski definition) is 4. The van der Waals surface area contributed by atoms with E-state index in [-0.39, 0.29) is 5.91 Å². The lowest BCUT2D eigenvalue weighted by Crippen LogP contribution is -2.49. The van der Waals surface area contributed by atoms with E-state index in [1.165, 1.54) is 18.2 Å². The smallest absolute Gasteiger partial charge is 0.353 e. The van der Waals surface area contributed by atoms with E-state index in [9.17, 15) is 22.4 Å². The summed E-state index contributed by atoms with van der Waals surface area (Å²) in [5, 5.41) is 0.582. The van der Waals surface area contributed by atoms with Gasteiger partial charge in [-0.3, -0.25) is 9.78 Å². The lowest BCUT2D eigenvalue weighted by molar-refractivity contribution is -0.137. The topological polar surface area (TPSA) is 49.3 Å². The number of piperazine rings is 1. The zero-order valence-corrected chi connectivity index (χ0v) is 16.1. The van der Waals surface area contributed by atoms with Gasteiger partial charge in [0.2, 0.25) is 0 Å². The summed E-state index contributed by atoms with van der Waals surface area (Å²) >= 11 is 0. The van der Waals surface area contributed by atoms with Crippen molar-refractivity contribution in [1.29, 1.82) is 0 Å². The van der Waals surface area contributed by atoms with Crippen LogP contribution in [0, 0.1) is 12.7 Å². The number of hydrogen-bond donors (Lipinski definition) is 0. The van der Waals surface area contributed by atoms with Gasteiger partial charge in [-0.15, -0.1) is 0 Å². The molecule has 0 aliphatic carbocycles. The molecule has 1 saturated heterocycles. The monoisotopic (exact) mass is 418 g/mol. The lowest BCUT2D eigenvalue weighted by Gasteiger charge is -2.35. The molecule has 0 unspecified atom stereocenters. The quantitative estimate of drug-likeness (QED) is 0.589. The minimum Gasteiger partial charge on any atom is -0.353 e. The van der Waals surface area contributed by atoms with Gasteiger partial charge >= 0.3 is 6.18 Å². The Morgan fingerprint density at radius 2 is 1.77 bits per heavy atom. The van der Waals surface area contributed by atoms with Crippen molar-refractivity contribution >= 4 is 22.6 Å². The van der Waals surface area contributed by atoms with E-state index in [0.717, 1.165) is 12.3 Å². The third-order valence-corrected chi connectivity index (χ3v) is 5.10. The number of nitrogens with zero attached hydrogens (tertiary/aromatic N) is 4. The normalized spacial score (nSPS) is 15.0. The second-order valence-electron chi connectivity index (χ2n) is 7.15. The zero-order chi connectivity index (χ0) is 21.5. The molecule has 9 heteroatoms. The van der Waals surface area contributed by atoms with Crippen LogP contribution in [0.2, 0.25) is 0 Å². The molecule has 1 aliphatic rings. The number of fused-ring (bicyclic) bond motifs is 1. The van der Waals surface area contributed by atoms with Crippen LogP contribution in [0.15, 0.2) is 42.6 Å². The van der Waals surface area contributed by atoms with Gasteiger partial charge in [-0.1, -0.05) is 0 Å². The van der Waals surface area contributed by atoms with Gasteiger partial charge in [0.25, 0.3) is 5.91 Å². The number of pyridine rings is 2. The molecule has 0 N–H and O–H groups in total. The number of anilines is 1. The maximum atomic E-state index is 13.5. The predicted octanol–water partition coefficient (Wildman–Crippen LogP) is 4.06. The number of benzene rings is 1. The van der Waals surface area contributed by atoms with Gasteiger partial charge in [0.05, 0.1) is 16.6 Å². The summed E-state index contributed by atoms with van der Waals surface area (Å²) in [6, 6.07) is 8.18. The first-order chi connectivity index (χ1) is 14.2. The van der Waals surface area contributed by atoms with Crippen molar-refractivity contribution in [3.05, 3.63) is 65.2 Å². The Morgan fingerprint density at radius 3 is 2.40 bits per heavy atom. The van der Waals surface area contributed by atoms with Gasteiger partial charge in [0.15, 0.2) is 0 Å². The average molecular weight is 418 g/mol. The largest absolute Gasteiger partial charge is 0.417 e. The molecule has 0 atom stereocenters. The highest BCUT2D eigenvalue weighted by molar-refractivity contribution is 6.06. The van der Waals surface area contributed by atoms with Crippen molar-refractivity contribution in [3.8, 4) is 0 Å². The molecule has 1 fully saturated rings. The van der Waals surface area contributed by atoms with Crippen LogP contribution in [0.4, 0.5) is 23.4 Å². The van der Waals surface area contributed by atoms with Crippen LogP contribution in [-0.2, 0) is 6.18 Å². The number of carbonyl (C=O) groups is 1. The summed E-state index contributed by atoms with van der Waals surface area (Å²) in [5.41, 5.74) is 0.699. The molecule has 5 nitrogen and oxygen atoms in total. The van der Waals surface area contributed by atoms with Crippen LogP contribution in [0.25, 0.3) is 10.9 Å². The summed E-state index contributed by atoms with van der Waals surface area (Å²) < 4.78 is 51.6. The Labute approximate surface area is 170 Å². The summed E-state index contributed by atoms with van der Waals surface area (Å²) in [6.07, 6.45) is -3.61. The molecule has 0 saturated carbocycles. The second kappa shape index (κ2) is 7.55. The lowest BCUT2D eigenvalue weighted by atomic mass is 10.1. The molecular weight excluding hydrogens is 400 g/mol. The molecule has 1 aliphatic heterocycles. The van der Waals surface area contributed by atoms with Crippen LogP contribution in [0.1, 0.15) is 21.6 Å². The van der Waals surface area contributed by atoms with Crippen LogP contribution >= 0.6 is 0 Å². The standard InChI is InChI=1S/C21H18F4N4O/c1-13-10-17(16-4-3-15(22)11-18(16)27-13)20(30)29-8-6-28(7-9-29)19-5-2-14(12-26-19)21(23,24)25/h2-5,10-12H,6-9H2,1H3. The number of halogens is 4. The van der Waals surface area contributed by atoms with Crippen molar-refractivity contribution in [2.24, 2.45) is 0 Å². The zero-order valence-electron chi connectivity index (χ0n) is 16.1. The third kappa shape index (κ3) is 3.92. The van der Waals surface area contributed by atoms with Crippen molar-refractivity contribution in [2.75, 3.05) is 31.1 Å². The van der Waals surface area contributed by atoms with Crippen molar-refractivity contribution in [1.82, 2.24) is 14.9 Å². The van der Waals surface area contributed by atoms with Crippen LogP contribution in [-0.4, -0.2) is 47.0 Å². The Hall–Kier alpha value is -3.23. The Morgan fingerprint density at radius 1 is 1.03 bits per heavy atom. The van der Waals surface area contributed by atoms with Crippen molar-refractivity contribution in [2.45, 2.75) is 13.1 Å². The van der Waals surface area contributed by atoms with Crippen LogP contribution < -0.4 is 4.90 Å². The molecule has 2 aromatic heterocycles. The fourth-order valence-corrected chi connectivity index (χ4v) is 3.56. The molecule has 156 valence electrons. The number of aryl methyl sites for hydroxylation is 1. The number of rotatable bonds is 2. The molecule has 0 spiro atoms. The number of carbonyl (C=O) groups excluding carboxylic acids is 1. The Kier molecular flexibility index (Phi) is 5.05. The molecule has 30 heavy (non-hydrogen) atoms. The molecule has 1 aromatic carbocycles. The molecule has 3 aromatic rings. The number of amides is 1. The maximum Gasteiger partial charge on any atom is 0.417 e. The van der Waals surface area contributed by atoms with E-state index >= 15 is 0 Å². The van der Waals surface area contributed by atoms with Crippen LogP contribution in [0.5, 0.6) is 0 Å². The van der Waals surface area contributed by atoms with Gasteiger partial charge in [0, 0.05) is 49.5 Å². The minimum atomic E-state index is -4.43. The molecule has 4 rings (SSSR count). The first-order valence-corrected chi connectivity index (χ1v) is 9.37. The fraction of sp³-hybridized carbons (Fsp3) is 0.286. The van der Waals surface area contributed by atoms with Crippen LogP contribution in [0.3, 0.4) is 0 Å². The van der Waals surface area contributed by atoms with Gasteiger partial charge in [0.1, 0.15) is 11.6 Å². The summed E-state index contributed by atoms with van der Waals surface area (Å²) in [5.74, 6) is -0.162. The second-order valence-corrected chi connectivity index (χ2v) is 7.15. The molecule has 0 bridgehead atoms. The Bertz CT molecular complexity index is 1090. The predicted molar refractivity (Wildman–Crippen MR) is 104 cm³/mol. The van der Waals surface area contributed by atoms with E-state index < -0.39 is 17.6 Å². The fourth-order valence-electron chi connectivity index (χ4n) is 3.56. The SMILES string of the molecule is Cc1cc(C(=O)N2CCN(c3ccc(C(F)(F)F)cn3)CC2)c2ccc(F)cc2n1. The van der Waals surface area contributed by atoms with Gasteiger partial charge in [-0.2, -0.15) is 13.2 Å². The van der Waals surface area contributed by atoms with Crippen molar-refractivity contribution < 1.29 is 22.4 Å². The number of alkyl halides is 3. The maximum absolute atomic E-state index is 13.5. The molecular formula is C21H18F4N4O. The van der Waals surface area contributed by atoms with Gasteiger partial charge in [-0.25, -0.2) is 9.37 Å². The van der Waals surface area contributed by atoms with Gasteiger partial charge < -0.3 is 9.80 Å². The minimum absolute atomic E-state index is 0.183. The highest BCUT2D eigenvalue weighted by atomic mass is 19.4. The van der Waals surface area contributed by atoms with Gasteiger partial charge in [-0.05, 0) is 37.3 Å². The molecule has 1 amide bonds. The Balaban J connectivity index is 1.49. The first kappa shape index (κ1) is 20.1. The average Bonchev–Trinajstić information content (AvgIpc) is 2.72. The third-order valence-electron chi connectivity index (χ3n) is 5.10.